The van der Waals surface area contributed by atoms with Gasteiger partial charge in [-0.2, -0.15) is 0 Å². The van der Waals surface area contributed by atoms with Gasteiger partial charge in [0.15, 0.2) is 0 Å². The molecule has 0 aliphatic rings. The first-order valence-corrected chi connectivity index (χ1v) is 9.57. The summed E-state index contributed by atoms with van der Waals surface area (Å²) >= 11 is 3.38. The summed E-state index contributed by atoms with van der Waals surface area (Å²) < 4.78 is 2.48. The van der Waals surface area contributed by atoms with Crippen molar-refractivity contribution in [3.8, 4) is 0 Å². The Kier molecular flexibility index (Phi) is 6.01. The van der Waals surface area contributed by atoms with Gasteiger partial charge in [0, 0.05) is 17.7 Å². The number of nitrogens with zero attached hydrogens (tertiary/aromatic N) is 4. The van der Waals surface area contributed by atoms with Crippen LogP contribution in [0.1, 0.15) is 48.3 Å². The van der Waals surface area contributed by atoms with Gasteiger partial charge in [0.05, 0.1) is 18.3 Å². The zero-order valence-corrected chi connectivity index (χ0v) is 17.1. The molecule has 0 fully saturated rings. The van der Waals surface area contributed by atoms with Crippen LogP contribution in [0.15, 0.2) is 53.3 Å². The van der Waals surface area contributed by atoms with E-state index in [9.17, 15) is 4.79 Å². The van der Waals surface area contributed by atoms with Crippen LogP contribution in [0.4, 0.5) is 0 Å². The molecule has 2 heterocycles. The molecule has 0 saturated heterocycles. The highest BCUT2D eigenvalue weighted by atomic mass is 79.9. The molecule has 0 bridgehead atoms. The minimum Gasteiger partial charge on any atom is -0.342 e. The van der Waals surface area contributed by atoms with Gasteiger partial charge in [-0.3, -0.25) is 14.5 Å². The molecule has 0 aliphatic carbocycles. The van der Waals surface area contributed by atoms with Gasteiger partial charge in [0.25, 0.3) is 0 Å². The van der Waals surface area contributed by atoms with Gasteiger partial charge in [-0.1, -0.05) is 43.3 Å². The van der Waals surface area contributed by atoms with Crippen LogP contribution in [0.25, 0.3) is 0 Å². The second kappa shape index (κ2) is 8.43. The second-order valence-corrected chi connectivity index (χ2v) is 7.71. The highest BCUT2D eigenvalue weighted by Crippen LogP contribution is 2.20. The summed E-state index contributed by atoms with van der Waals surface area (Å²) in [5, 5.41) is 11.2. The van der Waals surface area contributed by atoms with Gasteiger partial charge in [-0.15, -0.1) is 5.10 Å². The number of carbonyl (C=O) groups is 1. The molecule has 0 aliphatic heterocycles. The Balaban J connectivity index is 1.77. The van der Waals surface area contributed by atoms with E-state index in [-0.39, 0.29) is 5.91 Å². The lowest BCUT2D eigenvalue weighted by molar-refractivity contribution is -0.121. The highest BCUT2D eigenvalue weighted by molar-refractivity contribution is 9.10. The zero-order chi connectivity index (χ0) is 19.4. The van der Waals surface area contributed by atoms with Crippen molar-refractivity contribution in [1.82, 2.24) is 25.3 Å². The third-order valence-corrected chi connectivity index (χ3v) is 4.75. The number of pyridine rings is 1. The molecule has 1 N–H and O–H groups in total. The van der Waals surface area contributed by atoms with Crippen LogP contribution >= 0.6 is 15.9 Å². The van der Waals surface area contributed by atoms with E-state index < -0.39 is 6.04 Å². The number of aromatic nitrogens is 4. The maximum atomic E-state index is 12.7. The minimum absolute atomic E-state index is 0.0901. The number of carbonyl (C=O) groups excluding carboxylic acids is 1. The van der Waals surface area contributed by atoms with Crippen LogP contribution in [0.2, 0.25) is 0 Å². The fourth-order valence-corrected chi connectivity index (χ4v) is 3.01. The summed E-state index contributed by atoms with van der Waals surface area (Å²) in [5.74, 6) is 0.380. The van der Waals surface area contributed by atoms with Gasteiger partial charge in [0.1, 0.15) is 11.7 Å². The fourth-order valence-electron chi connectivity index (χ4n) is 2.77. The summed E-state index contributed by atoms with van der Waals surface area (Å²) in [4.78, 5) is 17.1. The van der Waals surface area contributed by atoms with Crippen LogP contribution in [0.3, 0.4) is 0 Å². The molecule has 0 radical (unpaired) electrons. The van der Waals surface area contributed by atoms with Crippen molar-refractivity contribution in [2.75, 3.05) is 0 Å². The molecule has 3 aromatic rings. The summed E-state index contributed by atoms with van der Waals surface area (Å²) in [6.07, 6.45) is 3.78. The molecular formula is C20H22BrN5O. The summed E-state index contributed by atoms with van der Waals surface area (Å²) in [5.41, 5.74) is 3.59. The second-order valence-electron chi connectivity index (χ2n) is 6.79. The molecule has 3 rings (SSSR count). The van der Waals surface area contributed by atoms with E-state index in [2.05, 4.69) is 62.5 Å². The lowest BCUT2D eigenvalue weighted by atomic mass is 10.0. The molecule has 0 spiro atoms. The van der Waals surface area contributed by atoms with Gasteiger partial charge in [-0.25, -0.2) is 0 Å². The number of rotatable bonds is 6. The number of benzene rings is 1. The van der Waals surface area contributed by atoms with Crippen LogP contribution < -0.4 is 5.32 Å². The normalized spacial score (nSPS) is 12.2. The van der Waals surface area contributed by atoms with E-state index in [1.54, 1.807) is 24.1 Å². The number of halogens is 1. The molecule has 6 nitrogen and oxygen atoms in total. The van der Waals surface area contributed by atoms with Gasteiger partial charge < -0.3 is 5.32 Å². The van der Waals surface area contributed by atoms with Crippen LogP contribution in [-0.2, 0) is 18.3 Å². The molecule has 1 aromatic carbocycles. The van der Waals surface area contributed by atoms with Crippen molar-refractivity contribution < 1.29 is 4.79 Å². The Bertz CT molecular complexity index is 903. The Morgan fingerprint density at radius 2 is 1.89 bits per heavy atom. The lowest BCUT2D eigenvalue weighted by Gasteiger charge is -2.16. The van der Waals surface area contributed by atoms with Crippen molar-refractivity contribution in [1.29, 1.82) is 0 Å². The molecule has 27 heavy (non-hydrogen) atoms. The standard InChI is InChI=1S/C20H22BrN5O/c1-13(2)15-6-4-14(5-7-15)10-19(27)23-20(18-12-26(3)25-24-18)17-9-8-16(21)11-22-17/h4-9,11-13,20H,10H2,1-3H3,(H,23,27)/t20-/m1/s1. The van der Waals surface area contributed by atoms with Crippen molar-refractivity contribution in [2.24, 2.45) is 7.05 Å². The first-order valence-electron chi connectivity index (χ1n) is 8.78. The molecule has 140 valence electrons. The van der Waals surface area contributed by atoms with E-state index in [0.29, 0.717) is 23.7 Å². The SMILES string of the molecule is CC(C)c1ccc(CC(=O)N[C@H](c2ccc(Br)cn2)c2cn(C)nn2)cc1. The molecule has 1 amide bonds. The monoisotopic (exact) mass is 427 g/mol. The van der Waals surface area contributed by atoms with Crippen molar-refractivity contribution in [3.05, 3.63) is 75.8 Å². The predicted octanol–water partition coefficient (Wildman–Crippen LogP) is 3.54. The summed E-state index contributed by atoms with van der Waals surface area (Å²) in [6.45, 7) is 4.30. The van der Waals surface area contributed by atoms with Gasteiger partial charge in [0.2, 0.25) is 5.91 Å². The van der Waals surface area contributed by atoms with Crippen molar-refractivity contribution in [2.45, 2.75) is 32.2 Å². The third kappa shape index (κ3) is 5.01. The number of hydrogen-bond donors (Lipinski definition) is 1. The number of aryl methyl sites for hydroxylation is 1. The number of nitrogens with one attached hydrogen (secondary N) is 1. The average molecular weight is 428 g/mol. The van der Waals surface area contributed by atoms with E-state index in [4.69, 9.17) is 0 Å². The first kappa shape index (κ1) is 19.2. The van der Waals surface area contributed by atoms with E-state index in [1.165, 1.54) is 5.56 Å². The smallest absolute Gasteiger partial charge is 0.225 e. The molecule has 7 heteroatoms. The van der Waals surface area contributed by atoms with Crippen LogP contribution in [-0.4, -0.2) is 25.9 Å². The van der Waals surface area contributed by atoms with E-state index >= 15 is 0 Å². The molecule has 2 aromatic heterocycles. The van der Waals surface area contributed by atoms with Crippen molar-refractivity contribution in [3.63, 3.8) is 0 Å². The van der Waals surface area contributed by atoms with E-state index in [1.807, 2.05) is 24.3 Å². The fraction of sp³-hybridized carbons (Fsp3) is 0.300. The highest BCUT2D eigenvalue weighted by Gasteiger charge is 2.21. The summed E-state index contributed by atoms with van der Waals surface area (Å²) in [6, 6.07) is 11.5. The van der Waals surface area contributed by atoms with Gasteiger partial charge in [-0.05, 0) is 45.1 Å². The number of amides is 1. The van der Waals surface area contributed by atoms with E-state index in [0.717, 1.165) is 10.0 Å². The minimum atomic E-state index is -0.450. The Morgan fingerprint density at radius 3 is 2.44 bits per heavy atom. The largest absolute Gasteiger partial charge is 0.342 e. The van der Waals surface area contributed by atoms with Crippen molar-refractivity contribution >= 4 is 21.8 Å². The van der Waals surface area contributed by atoms with Gasteiger partial charge >= 0.3 is 0 Å². The third-order valence-electron chi connectivity index (χ3n) is 4.28. The number of hydrogen-bond acceptors (Lipinski definition) is 4. The van der Waals surface area contributed by atoms with Crippen LogP contribution in [0.5, 0.6) is 0 Å². The first-order chi connectivity index (χ1) is 12.9. The molecule has 0 saturated carbocycles. The quantitative estimate of drug-likeness (QED) is 0.652. The maximum Gasteiger partial charge on any atom is 0.225 e. The Morgan fingerprint density at radius 1 is 1.15 bits per heavy atom. The Labute approximate surface area is 167 Å². The predicted molar refractivity (Wildman–Crippen MR) is 107 cm³/mol. The molecular weight excluding hydrogens is 406 g/mol. The molecule has 0 unspecified atom stereocenters. The van der Waals surface area contributed by atoms with Crippen LogP contribution in [0, 0.1) is 0 Å². The maximum absolute atomic E-state index is 12.7. The topological polar surface area (TPSA) is 72.7 Å². The lowest BCUT2D eigenvalue weighted by Crippen LogP contribution is -2.31. The molecule has 1 atom stereocenters. The Hall–Kier alpha value is -2.54. The zero-order valence-electron chi connectivity index (χ0n) is 15.6. The summed E-state index contributed by atoms with van der Waals surface area (Å²) in [7, 11) is 1.79. The average Bonchev–Trinajstić information content (AvgIpc) is 3.07.